The van der Waals surface area contributed by atoms with Crippen LogP contribution in [-0.2, 0) is 0 Å². The van der Waals surface area contributed by atoms with Gasteiger partial charge in [-0.1, -0.05) is 19.8 Å². The maximum absolute atomic E-state index is 3.32. The maximum atomic E-state index is 3.32. The summed E-state index contributed by atoms with van der Waals surface area (Å²) >= 11 is 0. The van der Waals surface area contributed by atoms with Crippen LogP contribution < -0.4 is 5.32 Å². The molecule has 16 heavy (non-hydrogen) atoms. The fraction of sp³-hybridized carbons (Fsp3) is 1.00. The van der Waals surface area contributed by atoms with E-state index in [1.54, 1.807) is 0 Å². The van der Waals surface area contributed by atoms with Crippen molar-refractivity contribution in [1.29, 1.82) is 0 Å². The second-order valence-corrected chi connectivity index (χ2v) is 5.87. The topological polar surface area (TPSA) is 15.3 Å². The quantitative estimate of drug-likeness (QED) is 0.792. The zero-order chi connectivity index (χ0) is 11.4. The van der Waals surface area contributed by atoms with Gasteiger partial charge in [0.1, 0.15) is 0 Å². The molecule has 0 aromatic rings. The molecule has 2 fully saturated rings. The van der Waals surface area contributed by atoms with Crippen LogP contribution in [0.1, 0.15) is 45.4 Å². The molecule has 2 aliphatic rings. The lowest BCUT2D eigenvalue weighted by Crippen LogP contribution is -2.46. The van der Waals surface area contributed by atoms with Gasteiger partial charge in [0.15, 0.2) is 0 Å². The van der Waals surface area contributed by atoms with Crippen molar-refractivity contribution in [3.05, 3.63) is 0 Å². The van der Waals surface area contributed by atoms with E-state index in [9.17, 15) is 0 Å². The highest BCUT2D eigenvalue weighted by Crippen LogP contribution is 2.30. The summed E-state index contributed by atoms with van der Waals surface area (Å²) in [5.41, 5.74) is 0. The highest BCUT2D eigenvalue weighted by molar-refractivity contribution is 4.84. The SMILES string of the molecule is CNCC1CCN(C2CCCCC2C)CC1. The number of hydrogen-bond acceptors (Lipinski definition) is 2. The highest BCUT2D eigenvalue weighted by Gasteiger charge is 2.29. The van der Waals surface area contributed by atoms with Gasteiger partial charge >= 0.3 is 0 Å². The van der Waals surface area contributed by atoms with Crippen molar-refractivity contribution in [1.82, 2.24) is 10.2 Å². The largest absolute Gasteiger partial charge is 0.319 e. The molecule has 0 amide bonds. The lowest BCUT2D eigenvalue weighted by atomic mass is 9.83. The number of rotatable bonds is 3. The van der Waals surface area contributed by atoms with Crippen molar-refractivity contribution in [2.24, 2.45) is 11.8 Å². The monoisotopic (exact) mass is 224 g/mol. The average molecular weight is 224 g/mol. The van der Waals surface area contributed by atoms with Gasteiger partial charge in [-0.15, -0.1) is 0 Å². The summed E-state index contributed by atoms with van der Waals surface area (Å²) in [5, 5.41) is 3.32. The lowest BCUT2D eigenvalue weighted by Gasteiger charge is -2.42. The first-order chi connectivity index (χ1) is 7.81. The number of nitrogens with zero attached hydrogens (tertiary/aromatic N) is 1. The van der Waals surface area contributed by atoms with Gasteiger partial charge in [0.05, 0.1) is 0 Å². The van der Waals surface area contributed by atoms with Crippen LogP contribution in [0.4, 0.5) is 0 Å². The summed E-state index contributed by atoms with van der Waals surface area (Å²) in [6.07, 6.45) is 8.66. The summed E-state index contributed by atoms with van der Waals surface area (Å²) in [4.78, 5) is 2.79. The third kappa shape index (κ3) is 2.98. The molecule has 2 unspecified atom stereocenters. The Morgan fingerprint density at radius 1 is 1.06 bits per heavy atom. The van der Waals surface area contributed by atoms with E-state index in [0.29, 0.717) is 0 Å². The van der Waals surface area contributed by atoms with E-state index in [1.165, 1.54) is 58.2 Å². The molecule has 1 heterocycles. The Balaban J connectivity index is 1.79. The molecule has 2 heteroatoms. The Labute approximate surface area is 101 Å². The predicted molar refractivity (Wildman–Crippen MR) is 69.6 cm³/mol. The van der Waals surface area contributed by atoms with Crippen LogP contribution in [-0.4, -0.2) is 37.6 Å². The molecule has 0 spiro atoms. The van der Waals surface area contributed by atoms with E-state index >= 15 is 0 Å². The van der Waals surface area contributed by atoms with Crippen molar-refractivity contribution < 1.29 is 0 Å². The fourth-order valence-corrected chi connectivity index (χ4v) is 3.62. The molecule has 0 bridgehead atoms. The third-order valence-electron chi connectivity index (χ3n) is 4.68. The minimum atomic E-state index is 0.907. The molecule has 94 valence electrons. The summed E-state index contributed by atoms with van der Waals surface area (Å²) in [5.74, 6) is 1.87. The van der Waals surface area contributed by atoms with Crippen LogP contribution in [0.15, 0.2) is 0 Å². The molecular formula is C14H28N2. The van der Waals surface area contributed by atoms with E-state index in [2.05, 4.69) is 24.2 Å². The van der Waals surface area contributed by atoms with Crippen molar-refractivity contribution >= 4 is 0 Å². The van der Waals surface area contributed by atoms with Crippen molar-refractivity contribution in [2.75, 3.05) is 26.7 Å². The number of likely N-dealkylation sites (tertiary alicyclic amines) is 1. The molecule has 1 N–H and O–H groups in total. The Bertz CT molecular complexity index is 197. The zero-order valence-corrected chi connectivity index (χ0v) is 11.0. The maximum Gasteiger partial charge on any atom is 0.0121 e. The Hall–Kier alpha value is -0.0800. The number of nitrogens with one attached hydrogen (secondary N) is 1. The first-order valence-corrected chi connectivity index (χ1v) is 7.20. The average Bonchev–Trinajstić information content (AvgIpc) is 2.31. The molecule has 0 radical (unpaired) electrons. The molecule has 2 rings (SSSR count). The van der Waals surface area contributed by atoms with E-state index in [0.717, 1.165) is 17.9 Å². The van der Waals surface area contributed by atoms with Crippen LogP contribution in [0, 0.1) is 11.8 Å². The minimum absolute atomic E-state index is 0.907. The van der Waals surface area contributed by atoms with Crippen LogP contribution in [0.25, 0.3) is 0 Å². The zero-order valence-electron chi connectivity index (χ0n) is 11.0. The van der Waals surface area contributed by atoms with E-state index < -0.39 is 0 Å². The third-order valence-corrected chi connectivity index (χ3v) is 4.68. The molecule has 1 aliphatic carbocycles. The predicted octanol–water partition coefficient (Wildman–Crippen LogP) is 2.50. The van der Waals surface area contributed by atoms with Gasteiger partial charge in [0.2, 0.25) is 0 Å². The normalized spacial score (nSPS) is 34.1. The highest BCUT2D eigenvalue weighted by atomic mass is 15.2. The molecule has 1 saturated heterocycles. The van der Waals surface area contributed by atoms with E-state index in [-0.39, 0.29) is 0 Å². The molecule has 2 atom stereocenters. The van der Waals surface area contributed by atoms with Gasteiger partial charge in [0, 0.05) is 6.04 Å². The molecule has 1 aliphatic heterocycles. The van der Waals surface area contributed by atoms with Gasteiger partial charge in [-0.05, 0) is 64.2 Å². The van der Waals surface area contributed by atoms with Gasteiger partial charge in [-0.2, -0.15) is 0 Å². The second kappa shape index (κ2) is 6.02. The lowest BCUT2D eigenvalue weighted by molar-refractivity contribution is 0.0748. The molecule has 0 aromatic heterocycles. The number of piperidine rings is 1. The summed E-state index contributed by atoms with van der Waals surface area (Å²) in [6, 6.07) is 0.907. The Morgan fingerprint density at radius 3 is 2.38 bits per heavy atom. The molecule has 1 saturated carbocycles. The first-order valence-electron chi connectivity index (χ1n) is 7.20. The first kappa shape index (κ1) is 12.4. The Kier molecular flexibility index (Phi) is 4.66. The summed E-state index contributed by atoms with van der Waals surface area (Å²) in [7, 11) is 2.08. The van der Waals surface area contributed by atoms with Crippen LogP contribution in [0.5, 0.6) is 0 Å². The fourth-order valence-electron chi connectivity index (χ4n) is 3.62. The van der Waals surface area contributed by atoms with E-state index in [1.807, 2.05) is 0 Å². The molecule has 2 nitrogen and oxygen atoms in total. The van der Waals surface area contributed by atoms with Crippen LogP contribution in [0.2, 0.25) is 0 Å². The summed E-state index contributed by atoms with van der Waals surface area (Å²) in [6.45, 7) is 6.38. The smallest absolute Gasteiger partial charge is 0.0121 e. The summed E-state index contributed by atoms with van der Waals surface area (Å²) < 4.78 is 0. The van der Waals surface area contributed by atoms with Gasteiger partial charge < -0.3 is 10.2 Å². The Morgan fingerprint density at radius 2 is 1.75 bits per heavy atom. The van der Waals surface area contributed by atoms with Gasteiger partial charge in [0.25, 0.3) is 0 Å². The standard InChI is InChI=1S/C14H28N2/c1-12-5-3-4-6-14(12)16-9-7-13(8-10-16)11-15-2/h12-15H,3-11H2,1-2H3. The molecular weight excluding hydrogens is 196 g/mol. The van der Waals surface area contributed by atoms with Crippen molar-refractivity contribution in [3.8, 4) is 0 Å². The minimum Gasteiger partial charge on any atom is -0.319 e. The van der Waals surface area contributed by atoms with E-state index in [4.69, 9.17) is 0 Å². The second-order valence-electron chi connectivity index (χ2n) is 5.87. The van der Waals surface area contributed by atoms with Gasteiger partial charge in [-0.25, -0.2) is 0 Å². The molecule has 0 aromatic carbocycles. The number of hydrogen-bond donors (Lipinski definition) is 1. The van der Waals surface area contributed by atoms with Crippen LogP contribution in [0.3, 0.4) is 0 Å². The van der Waals surface area contributed by atoms with Crippen molar-refractivity contribution in [2.45, 2.75) is 51.5 Å². The van der Waals surface area contributed by atoms with Gasteiger partial charge in [-0.3, -0.25) is 0 Å². The van der Waals surface area contributed by atoms with Crippen molar-refractivity contribution in [3.63, 3.8) is 0 Å². The van der Waals surface area contributed by atoms with Crippen LogP contribution >= 0.6 is 0 Å².